The lowest BCUT2D eigenvalue weighted by Crippen LogP contribution is -2.07. The highest BCUT2D eigenvalue weighted by Gasteiger charge is 2.08. The highest BCUT2D eigenvalue weighted by Crippen LogP contribution is 2.17. The third kappa shape index (κ3) is 25.1. The van der Waals surface area contributed by atoms with Crippen LogP contribution in [0.25, 0.3) is 0 Å². The Morgan fingerprint density at radius 3 is 1.73 bits per heavy atom. The van der Waals surface area contributed by atoms with Crippen LogP contribution in [-0.4, -0.2) is 26.2 Å². The van der Waals surface area contributed by atoms with E-state index >= 15 is 0 Å². The second kappa shape index (κ2) is 7.15. The van der Waals surface area contributed by atoms with E-state index in [1.54, 1.807) is 6.92 Å². The van der Waals surface area contributed by atoms with Crippen LogP contribution in [0.15, 0.2) is 0 Å². The Morgan fingerprint density at radius 2 is 1.73 bits per heavy atom. The van der Waals surface area contributed by atoms with Gasteiger partial charge in [0.1, 0.15) is 0 Å². The van der Waals surface area contributed by atoms with E-state index in [4.69, 9.17) is 10.2 Å². The fraction of sp³-hybridized carbons (Fsp3) is 0.800. The third-order valence-electron chi connectivity index (χ3n) is 0.610. The van der Waals surface area contributed by atoms with Crippen molar-refractivity contribution < 1.29 is 15.0 Å². The molecule has 0 spiro atoms. The summed E-state index contributed by atoms with van der Waals surface area (Å²) in [7, 11) is 0. The molecule has 0 unspecified atom stereocenters. The Kier molecular flexibility index (Phi) is 9.11. The second-order valence-corrected chi connectivity index (χ2v) is 3.83. The SMILES string of the molecule is CCC(O)(S)S.O=C(O)CS. The third-order valence-corrected chi connectivity index (χ3v) is 1.51. The summed E-state index contributed by atoms with van der Waals surface area (Å²) in [4.78, 5) is 9.29. The first-order valence-electron chi connectivity index (χ1n) is 2.83. The Balaban J connectivity index is 0. The quantitative estimate of drug-likeness (QED) is 0.352. The Morgan fingerprint density at radius 1 is 1.55 bits per heavy atom. The molecule has 0 fully saturated rings. The van der Waals surface area contributed by atoms with Crippen molar-refractivity contribution in [3.63, 3.8) is 0 Å². The second-order valence-electron chi connectivity index (χ2n) is 1.68. The molecule has 68 valence electrons. The number of rotatable bonds is 2. The zero-order valence-electron chi connectivity index (χ0n) is 6.06. The molecule has 6 heteroatoms. The van der Waals surface area contributed by atoms with Gasteiger partial charge in [0.25, 0.3) is 0 Å². The number of carboxylic acid groups (broad SMARTS) is 1. The minimum atomic E-state index is -1.07. The lowest BCUT2D eigenvalue weighted by atomic mass is 10.5. The molecule has 0 saturated carbocycles. The molecule has 0 amide bonds. The average Bonchev–Trinajstić information content (AvgIpc) is 1.88. The molecular formula is C5H12O3S3. The zero-order valence-corrected chi connectivity index (χ0v) is 8.74. The topological polar surface area (TPSA) is 57.5 Å². The molecule has 2 N–H and O–H groups in total. The normalized spacial score (nSPS) is 9.91. The number of hydrogen-bond donors (Lipinski definition) is 5. The Bertz CT molecular complexity index is 110. The van der Waals surface area contributed by atoms with Gasteiger partial charge in [-0.1, -0.05) is 6.92 Å². The standard InChI is InChI=1S/C3H8OS2.C2H4O2S/c1-2-3(4,5)6;3-2(4)1-5/h4-6H,2H2,1H3;5H,1H2,(H,3,4). The van der Waals surface area contributed by atoms with E-state index in [-0.39, 0.29) is 5.75 Å². The van der Waals surface area contributed by atoms with Crippen LogP contribution < -0.4 is 0 Å². The van der Waals surface area contributed by atoms with E-state index in [1.165, 1.54) is 0 Å². The number of carboxylic acids is 1. The highest BCUT2D eigenvalue weighted by atomic mass is 32.2. The monoisotopic (exact) mass is 216 g/mol. The smallest absolute Gasteiger partial charge is 0.313 e. The van der Waals surface area contributed by atoms with Gasteiger partial charge >= 0.3 is 5.97 Å². The lowest BCUT2D eigenvalue weighted by Gasteiger charge is -2.09. The van der Waals surface area contributed by atoms with Crippen LogP contribution in [0.4, 0.5) is 0 Å². The van der Waals surface area contributed by atoms with Crippen molar-refractivity contribution >= 4 is 43.9 Å². The van der Waals surface area contributed by atoms with Gasteiger partial charge in [-0.2, -0.15) is 12.6 Å². The molecular weight excluding hydrogens is 204 g/mol. The van der Waals surface area contributed by atoms with E-state index in [0.29, 0.717) is 6.42 Å². The Hall–Kier alpha value is 0.480. The maximum atomic E-state index is 9.29. The van der Waals surface area contributed by atoms with Crippen LogP contribution in [0, 0.1) is 0 Å². The van der Waals surface area contributed by atoms with Gasteiger partial charge in [-0.25, -0.2) is 0 Å². The summed E-state index contributed by atoms with van der Waals surface area (Å²) in [5.74, 6) is -0.965. The fourth-order valence-electron chi connectivity index (χ4n) is 0. The molecule has 0 aliphatic heterocycles. The Labute approximate surface area is 82.4 Å². The van der Waals surface area contributed by atoms with Crippen LogP contribution >= 0.6 is 37.9 Å². The molecule has 0 rings (SSSR count). The predicted octanol–water partition coefficient (Wildman–Crippen LogP) is 0.903. The van der Waals surface area contributed by atoms with Crippen molar-refractivity contribution in [1.29, 1.82) is 0 Å². The van der Waals surface area contributed by atoms with E-state index in [1.807, 2.05) is 0 Å². The summed E-state index contributed by atoms with van der Waals surface area (Å²) in [5, 5.41) is 16.2. The minimum absolute atomic E-state index is 0.0833. The van der Waals surface area contributed by atoms with E-state index in [9.17, 15) is 4.79 Å². The summed E-state index contributed by atoms with van der Waals surface area (Å²) in [5.41, 5.74) is 0. The van der Waals surface area contributed by atoms with Gasteiger partial charge < -0.3 is 10.2 Å². The van der Waals surface area contributed by atoms with Gasteiger partial charge in [-0.15, -0.1) is 25.3 Å². The predicted molar refractivity (Wildman–Crippen MR) is 54.7 cm³/mol. The first kappa shape index (κ1) is 14.0. The number of carbonyl (C=O) groups is 1. The van der Waals surface area contributed by atoms with Crippen LogP contribution in [0.5, 0.6) is 0 Å². The molecule has 0 aliphatic carbocycles. The summed E-state index contributed by atoms with van der Waals surface area (Å²) in [6, 6.07) is 0. The molecule has 0 saturated heterocycles. The largest absolute Gasteiger partial charge is 0.481 e. The highest BCUT2D eigenvalue weighted by molar-refractivity contribution is 8.00. The summed E-state index contributed by atoms with van der Waals surface area (Å²) < 4.78 is -1.07. The van der Waals surface area contributed by atoms with Crippen LogP contribution in [-0.2, 0) is 4.79 Å². The van der Waals surface area contributed by atoms with Crippen molar-refractivity contribution in [2.75, 3.05) is 5.75 Å². The van der Waals surface area contributed by atoms with Crippen molar-refractivity contribution in [1.82, 2.24) is 0 Å². The molecule has 11 heavy (non-hydrogen) atoms. The first-order chi connectivity index (χ1) is 4.83. The first-order valence-corrected chi connectivity index (χ1v) is 4.36. The van der Waals surface area contributed by atoms with Crippen molar-refractivity contribution in [2.24, 2.45) is 0 Å². The van der Waals surface area contributed by atoms with Gasteiger partial charge in [0, 0.05) is 0 Å². The maximum absolute atomic E-state index is 9.29. The lowest BCUT2D eigenvalue weighted by molar-refractivity contribution is -0.133. The summed E-state index contributed by atoms with van der Waals surface area (Å²) >= 11 is 10.8. The van der Waals surface area contributed by atoms with Crippen molar-refractivity contribution in [3.05, 3.63) is 0 Å². The molecule has 0 atom stereocenters. The number of aliphatic hydroxyl groups is 1. The average molecular weight is 216 g/mol. The van der Waals surface area contributed by atoms with Gasteiger partial charge in [-0.3, -0.25) is 4.79 Å². The molecule has 3 nitrogen and oxygen atoms in total. The molecule has 0 aromatic heterocycles. The number of aliphatic carboxylic acids is 1. The van der Waals surface area contributed by atoms with E-state index in [2.05, 4.69) is 37.9 Å². The van der Waals surface area contributed by atoms with Crippen LogP contribution in [0.2, 0.25) is 0 Å². The van der Waals surface area contributed by atoms with E-state index in [0.717, 1.165) is 0 Å². The van der Waals surface area contributed by atoms with Crippen molar-refractivity contribution in [2.45, 2.75) is 17.6 Å². The number of thiol groups is 3. The van der Waals surface area contributed by atoms with E-state index < -0.39 is 10.2 Å². The summed E-state index contributed by atoms with van der Waals surface area (Å²) in [6.45, 7) is 1.81. The maximum Gasteiger partial charge on any atom is 0.313 e. The van der Waals surface area contributed by atoms with Gasteiger partial charge in [0.15, 0.2) is 4.27 Å². The molecule has 0 aliphatic rings. The van der Waals surface area contributed by atoms with Crippen molar-refractivity contribution in [3.8, 4) is 0 Å². The van der Waals surface area contributed by atoms with Crippen LogP contribution in [0.3, 0.4) is 0 Å². The molecule has 0 aromatic carbocycles. The molecule has 0 heterocycles. The minimum Gasteiger partial charge on any atom is -0.481 e. The molecule has 0 aromatic rings. The van der Waals surface area contributed by atoms with Gasteiger partial charge in [0.05, 0.1) is 5.75 Å². The molecule has 0 radical (unpaired) electrons. The van der Waals surface area contributed by atoms with Gasteiger partial charge in [-0.05, 0) is 6.42 Å². The number of hydrogen-bond acceptors (Lipinski definition) is 5. The fourth-order valence-corrected chi connectivity index (χ4v) is 0. The van der Waals surface area contributed by atoms with Crippen LogP contribution in [0.1, 0.15) is 13.3 Å². The molecule has 0 bridgehead atoms. The zero-order chi connectivity index (χ0) is 9.49. The summed E-state index contributed by atoms with van der Waals surface area (Å²) in [6.07, 6.45) is 0.555. The van der Waals surface area contributed by atoms with Gasteiger partial charge in [0.2, 0.25) is 0 Å².